The molecule has 1 aliphatic heterocycles. The number of hydrogen-bond acceptors (Lipinski definition) is 3. The van der Waals surface area contributed by atoms with Gasteiger partial charge in [-0.15, -0.1) is 0 Å². The van der Waals surface area contributed by atoms with Crippen LogP contribution in [0.2, 0.25) is 0 Å². The smallest absolute Gasteiger partial charge is 0.223 e. The fraction of sp³-hybridized carbons (Fsp3) is 0.600. The van der Waals surface area contributed by atoms with Crippen LogP contribution < -0.4 is 0 Å². The lowest BCUT2D eigenvalue weighted by Crippen LogP contribution is -2.50. The third-order valence-corrected chi connectivity index (χ3v) is 4.00. The molecule has 0 saturated carbocycles. The lowest BCUT2D eigenvalue weighted by Gasteiger charge is -2.41. The van der Waals surface area contributed by atoms with Gasteiger partial charge in [0, 0.05) is 31.4 Å². The van der Waals surface area contributed by atoms with E-state index in [1.165, 1.54) is 0 Å². The third-order valence-electron chi connectivity index (χ3n) is 4.00. The zero-order valence-electron chi connectivity index (χ0n) is 11.7. The normalized spacial score (nSPS) is 22.3. The molecule has 1 aromatic rings. The first-order valence-electron chi connectivity index (χ1n) is 6.85. The number of β-amino-alcohol motifs (C(OH)–C–C–N with tert-alkyl or cyclic N) is 1. The highest BCUT2D eigenvalue weighted by atomic mass is 16.3. The molecule has 1 aliphatic rings. The van der Waals surface area contributed by atoms with Crippen LogP contribution in [-0.4, -0.2) is 40.1 Å². The van der Waals surface area contributed by atoms with Gasteiger partial charge < -0.3 is 10.0 Å². The van der Waals surface area contributed by atoms with Crippen LogP contribution >= 0.6 is 0 Å². The van der Waals surface area contributed by atoms with E-state index >= 15 is 0 Å². The van der Waals surface area contributed by atoms with E-state index in [1.807, 2.05) is 32.0 Å². The van der Waals surface area contributed by atoms with Crippen molar-refractivity contribution in [3.8, 4) is 0 Å². The van der Waals surface area contributed by atoms with Gasteiger partial charge >= 0.3 is 0 Å². The molecule has 1 N–H and O–H groups in total. The molecule has 1 atom stereocenters. The summed E-state index contributed by atoms with van der Waals surface area (Å²) < 4.78 is 0. The molecule has 1 unspecified atom stereocenters. The second kappa shape index (κ2) is 5.70. The van der Waals surface area contributed by atoms with E-state index < -0.39 is 6.10 Å². The average Bonchev–Trinajstić information content (AvgIpc) is 2.40. The number of pyridine rings is 1. The molecule has 0 spiro atoms. The number of piperidine rings is 1. The molecule has 2 rings (SSSR count). The maximum atomic E-state index is 12.1. The van der Waals surface area contributed by atoms with Crippen LogP contribution in [0.25, 0.3) is 0 Å². The molecule has 0 aliphatic carbocycles. The van der Waals surface area contributed by atoms with Gasteiger partial charge in [0.05, 0.1) is 6.10 Å². The number of rotatable bonds is 3. The predicted octanol–water partition coefficient (Wildman–Crippen LogP) is 1.63. The molecule has 4 nitrogen and oxygen atoms in total. The highest BCUT2D eigenvalue weighted by Crippen LogP contribution is 2.30. The maximum Gasteiger partial charge on any atom is 0.223 e. The Balaban J connectivity index is 1.84. The first-order valence-corrected chi connectivity index (χ1v) is 6.85. The van der Waals surface area contributed by atoms with E-state index in [0.29, 0.717) is 19.4 Å². The zero-order valence-corrected chi connectivity index (χ0v) is 11.7. The number of amides is 1. The van der Waals surface area contributed by atoms with Gasteiger partial charge in [0.1, 0.15) is 0 Å². The Morgan fingerprint density at radius 2 is 2.32 bits per heavy atom. The summed E-state index contributed by atoms with van der Waals surface area (Å²) >= 11 is 0. The summed E-state index contributed by atoms with van der Waals surface area (Å²) in [6.07, 6.45) is 3.29. The number of aliphatic hydroxyl groups excluding tert-OH is 1. The molecule has 4 heteroatoms. The summed E-state index contributed by atoms with van der Waals surface area (Å²) in [6.45, 7) is 5.29. The quantitative estimate of drug-likeness (QED) is 0.901. The SMILES string of the molecule is CC1(C)CCN(C(=O)CCc2ccccn2)CC1O. The second-order valence-electron chi connectivity index (χ2n) is 5.92. The summed E-state index contributed by atoms with van der Waals surface area (Å²) in [5.41, 5.74) is 0.853. The Hall–Kier alpha value is -1.42. The molecular formula is C15H22N2O2. The number of carbonyl (C=O) groups excluding carboxylic acids is 1. The van der Waals surface area contributed by atoms with E-state index in [-0.39, 0.29) is 11.3 Å². The average molecular weight is 262 g/mol. The number of likely N-dealkylation sites (tertiary alicyclic amines) is 1. The van der Waals surface area contributed by atoms with Crippen molar-refractivity contribution in [2.45, 2.75) is 39.2 Å². The van der Waals surface area contributed by atoms with Gasteiger partial charge in [-0.1, -0.05) is 19.9 Å². The van der Waals surface area contributed by atoms with Crippen LogP contribution in [0.5, 0.6) is 0 Å². The number of aryl methyl sites for hydroxylation is 1. The van der Waals surface area contributed by atoms with Crippen molar-refractivity contribution in [2.24, 2.45) is 5.41 Å². The molecule has 19 heavy (non-hydrogen) atoms. The molecule has 0 radical (unpaired) electrons. The lowest BCUT2D eigenvalue weighted by molar-refractivity contribution is -0.137. The van der Waals surface area contributed by atoms with E-state index in [9.17, 15) is 9.90 Å². The zero-order chi connectivity index (χ0) is 13.9. The van der Waals surface area contributed by atoms with Crippen LogP contribution in [0, 0.1) is 5.41 Å². The molecule has 104 valence electrons. The number of aromatic nitrogens is 1. The number of hydrogen-bond donors (Lipinski definition) is 1. The second-order valence-corrected chi connectivity index (χ2v) is 5.92. The van der Waals surface area contributed by atoms with Crippen LogP contribution in [0.1, 0.15) is 32.4 Å². The Kier molecular flexibility index (Phi) is 4.20. The predicted molar refractivity (Wildman–Crippen MR) is 73.5 cm³/mol. The van der Waals surface area contributed by atoms with Gasteiger partial charge in [0.15, 0.2) is 0 Å². The van der Waals surface area contributed by atoms with Gasteiger partial charge in [-0.3, -0.25) is 9.78 Å². The summed E-state index contributed by atoms with van der Waals surface area (Å²) in [5.74, 6) is 0.111. The Labute approximate surface area is 114 Å². The monoisotopic (exact) mass is 262 g/mol. The summed E-state index contributed by atoms with van der Waals surface area (Å²) in [7, 11) is 0. The van der Waals surface area contributed by atoms with Crippen LogP contribution in [0.4, 0.5) is 0 Å². The highest BCUT2D eigenvalue weighted by molar-refractivity contribution is 5.76. The Morgan fingerprint density at radius 1 is 1.53 bits per heavy atom. The molecule has 1 saturated heterocycles. The van der Waals surface area contributed by atoms with Crippen molar-refractivity contribution in [1.82, 2.24) is 9.88 Å². The van der Waals surface area contributed by atoms with Crippen molar-refractivity contribution in [3.63, 3.8) is 0 Å². The van der Waals surface area contributed by atoms with Crippen LogP contribution in [0.15, 0.2) is 24.4 Å². The van der Waals surface area contributed by atoms with E-state index in [1.54, 1.807) is 11.1 Å². The van der Waals surface area contributed by atoms with Crippen molar-refractivity contribution >= 4 is 5.91 Å². The fourth-order valence-electron chi connectivity index (χ4n) is 2.30. The van der Waals surface area contributed by atoms with Crippen molar-refractivity contribution < 1.29 is 9.90 Å². The lowest BCUT2D eigenvalue weighted by atomic mass is 9.80. The maximum absolute atomic E-state index is 12.1. The van der Waals surface area contributed by atoms with E-state index in [2.05, 4.69) is 4.98 Å². The first kappa shape index (κ1) is 14.0. The molecule has 2 heterocycles. The van der Waals surface area contributed by atoms with Gasteiger partial charge in [-0.2, -0.15) is 0 Å². The molecular weight excluding hydrogens is 240 g/mol. The first-order chi connectivity index (χ1) is 8.99. The van der Waals surface area contributed by atoms with E-state index in [0.717, 1.165) is 18.7 Å². The summed E-state index contributed by atoms with van der Waals surface area (Å²) in [4.78, 5) is 18.1. The molecule has 0 bridgehead atoms. The molecule has 0 aromatic carbocycles. The highest BCUT2D eigenvalue weighted by Gasteiger charge is 2.35. The minimum atomic E-state index is -0.431. The summed E-state index contributed by atoms with van der Waals surface area (Å²) in [6, 6.07) is 5.73. The number of carbonyl (C=O) groups is 1. The van der Waals surface area contributed by atoms with E-state index in [4.69, 9.17) is 0 Å². The van der Waals surface area contributed by atoms with Gasteiger partial charge in [0.25, 0.3) is 0 Å². The largest absolute Gasteiger partial charge is 0.391 e. The fourth-order valence-corrected chi connectivity index (χ4v) is 2.30. The Bertz CT molecular complexity index is 431. The third kappa shape index (κ3) is 3.53. The van der Waals surface area contributed by atoms with Crippen molar-refractivity contribution in [3.05, 3.63) is 30.1 Å². The van der Waals surface area contributed by atoms with Crippen molar-refractivity contribution in [1.29, 1.82) is 0 Å². The topological polar surface area (TPSA) is 53.4 Å². The molecule has 1 amide bonds. The van der Waals surface area contributed by atoms with Gasteiger partial charge in [0.2, 0.25) is 5.91 Å². The van der Waals surface area contributed by atoms with Crippen LogP contribution in [-0.2, 0) is 11.2 Å². The minimum absolute atomic E-state index is 0.0856. The molecule has 1 aromatic heterocycles. The van der Waals surface area contributed by atoms with Gasteiger partial charge in [-0.05, 0) is 30.4 Å². The molecule has 1 fully saturated rings. The minimum Gasteiger partial charge on any atom is -0.391 e. The number of aliphatic hydroxyl groups is 1. The number of nitrogens with zero attached hydrogens (tertiary/aromatic N) is 2. The van der Waals surface area contributed by atoms with Crippen LogP contribution in [0.3, 0.4) is 0 Å². The van der Waals surface area contributed by atoms with Gasteiger partial charge in [-0.25, -0.2) is 0 Å². The Morgan fingerprint density at radius 3 is 2.95 bits per heavy atom. The summed E-state index contributed by atoms with van der Waals surface area (Å²) in [5, 5.41) is 10.0. The standard InChI is InChI=1S/C15H22N2O2/c1-15(2)8-10-17(11-13(15)18)14(19)7-6-12-5-3-4-9-16-12/h3-5,9,13,18H,6-8,10-11H2,1-2H3. The van der Waals surface area contributed by atoms with Crippen molar-refractivity contribution in [2.75, 3.05) is 13.1 Å².